The lowest BCUT2D eigenvalue weighted by atomic mass is 10.0. The number of thiol groups is 1. The molecule has 24 heavy (non-hydrogen) atoms. The molecule has 0 fully saturated rings. The first kappa shape index (κ1) is 16.6. The van der Waals surface area contributed by atoms with Crippen LogP contribution in [0, 0.1) is 6.92 Å². The molecule has 1 unspecified atom stereocenters. The van der Waals surface area contributed by atoms with Crippen LogP contribution in [0.3, 0.4) is 0 Å². The lowest BCUT2D eigenvalue weighted by Crippen LogP contribution is -2.05. The summed E-state index contributed by atoms with van der Waals surface area (Å²) < 4.78 is 5.74. The molecule has 4 nitrogen and oxygen atoms in total. The third-order valence-corrected chi connectivity index (χ3v) is 4.24. The van der Waals surface area contributed by atoms with Crippen LogP contribution in [-0.2, 0) is 4.79 Å². The van der Waals surface area contributed by atoms with Gasteiger partial charge in [-0.25, -0.2) is 4.98 Å². The second-order valence-electron chi connectivity index (χ2n) is 5.34. The molecule has 0 aliphatic heterocycles. The van der Waals surface area contributed by atoms with E-state index in [0.29, 0.717) is 16.5 Å². The summed E-state index contributed by atoms with van der Waals surface area (Å²) in [5, 5.41) is 8.63. The molecule has 0 aliphatic rings. The molecule has 122 valence electrons. The lowest BCUT2D eigenvalue weighted by molar-refractivity contribution is -0.136. The Morgan fingerprint density at radius 2 is 1.71 bits per heavy atom. The Morgan fingerprint density at radius 1 is 1.12 bits per heavy atom. The molecule has 0 amide bonds. The fourth-order valence-corrected chi connectivity index (χ4v) is 2.50. The van der Waals surface area contributed by atoms with Crippen molar-refractivity contribution in [2.45, 2.75) is 12.2 Å². The van der Waals surface area contributed by atoms with Crippen LogP contribution in [0.1, 0.15) is 16.7 Å². The fraction of sp³-hybridized carbons (Fsp3) is 0.111. The normalized spacial score (nSPS) is 12.1. The molecule has 0 saturated heterocycles. The Morgan fingerprint density at radius 3 is 2.29 bits per heavy atom. The van der Waals surface area contributed by atoms with Crippen molar-refractivity contribution in [3.63, 3.8) is 0 Å². The Labute approximate surface area is 149 Å². The van der Waals surface area contributed by atoms with E-state index in [9.17, 15) is 4.79 Å². The van der Waals surface area contributed by atoms with Crippen LogP contribution >= 0.6 is 24.2 Å². The molecule has 6 heteroatoms. The molecular formula is C18H14ClNO3S. The summed E-state index contributed by atoms with van der Waals surface area (Å²) >= 11 is 9.99. The predicted molar refractivity (Wildman–Crippen MR) is 96.5 cm³/mol. The van der Waals surface area contributed by atoms with E-state index >= 15 is 0 Å². The van der Waals surface area contributed by atoms with Crippen LogP contribution in [-0.4, -0.2) is 16.1 Å². The van der Waals surface area contributed by atoms with Crippen molar-refractivity contribution in [3.8, 4) is 22.6 Å². The van der Waals surface area contributed by atoms with Gasteiger partial charge in [0.15, 0.2) is 11.0 Å². The number of carboxylic acids is 1. The van der Waals surface area contributed by atoms with E-state index in [-0.39, 0.29) is 5.89 Å². The summed E-state index contributed by atoms with van der Waals surface area (Å²) in [6.07, 6.45) is 0. The third kappa shape index (κ3) is 3.32. The quantitative estimate of drug-likeness (QED) is 0.641. The van der Waals surface area contributed by atoms with Crippen LogP contribution in [0.25, 0.3) is 22.6 Å². The largest absolute Gasteiger partial charge is 0.480 e. The summed E-state index contributed by atoms with van der Waals surface area (Å²) in [6.45, 7) is 1.99. The number of nitrogens with zero attached hydrogens (tertiary/aromatic N) is 1. The number of carboxylic acid groups (broad SMARTS) is 1. The number of aromatic nitrogens is 1. The van der Waals surface area contributed by atoms with E-state index in [0.717, 1.165) is 16.7 Å². The van der Waals surface area contributed by atoms with E-state index < -0.39 is 11.2 Å². The van der Waals surface area contributed by atoms with E-state index in [1.807, 2.05) is 31.2 Å². The number of oxazole rings is 1. The van der Waals surface area contributed by atoms with Crippen LogP contribution in [0.4, 0.5) is 0 Å². The summed E-state index contributed by atoms with van der Waals surface area (Å²) in [5.41, 5.74) is 3.30. The zero-order valence-corrected chi connectivity index (χ0v) is 14.4. The van der Waals surface area contributed by atoms with Crippen LogP contribution in [0.5, 0.6) is 0 Å². The monoisotopic (exact) mass is 359 g/mol. The minimum atomic E-state index is -1.13. The van der Waals surface area contributed by atoms with Gasteiger partial charge in [0.1, 0.15) is 5.69 Å². The highest BCUT2D eigenvalue weighted by atomic mass is 35.5. The minimum Gasteiger partial charge on any atom is -0.480 e. The molecule has 0 bridgehead atoms. The van der Waals surface area contributed by atoms with Gasteiger partial charge in [-0.3, -0.25) is 4.79 Å². The molecule has 1 atom stereocenters. The van der Waals surface area contributed by atoms with Crippen molar-refractivity contribution in [2.75, 3.05) is 0 Å². The summed E-state index contributed by atoms with van der Waals surface area (Å²) in [6, 6.07) is 14.9. The average Bonchev–Trinajstić information content (AvgIpc) is 3.00. The van der Waals surface area contributed by atoms with Gasteiger partial charge < -0.3 is 9.52 Å². The number of benzene rings is 2. The molecule has 0 spiro atoms. The molecule has 0 radical (unpaired) electrons. The number of hydrogen-bond donors (Lipinski definition) is 2. The SMILES string of the molecule is Cc1ccc(-c2nc(C(S)C(=O)O)oc2-c2ccc(Cl)cc2)cc1. The number of halogens is 1. The molecule has 1 aromatic heterocycles. The highest BCUT2D eigenvalue weighted by Gasteiger charge is 2.25. The smallest absolute Gasteiger partial charge is 0.325 e. The highest BCUT2D eigenvalue weighted by Crippen LogP contribution is 2.36. The molecule has 1 N–H and O–H groups in total. The number of hydrogen-bond acceptors (Lipinski definition) is 4. The van der Waals surface area contributed by atoms with Crippen molar-refractivity contribution >= 4 is 30.2 Å². The van der Waals surface area contributed by atoms with Crippen molar-refractivity contribution in [2.24, 2.45) is 0 Å². The Kier molecular flexibility index (Phi) is 4.64. The highest BCUT2D eigenvalue weighted by molar-refractivity contribution is 7.81. The Bertz CT molecular complexity index is 809. The van der Waals surface area contributed by atoms with Crippen molar-refractivity contribution in [3.05, 3.63) is 65.0 Å². The van der Waals surface area contributed by atoms with Gasteiger partial charge in [-0.2, -0.15) is 12.6 Å². The van der Waals surface area contributed by atoms with Gasteiger partial charge in [-0.15, -0.1) is 0 Å². The van der Waals surface area contributed by atoms with E-state index in [2.05, 4.69) is 17.6 Å². The summed E-state index contributed by atoms with van der Waals surface area (Å²) in [5.74, 6) is -0.574. The minimum absolute atomic E-state index is 0.0476. The Balaban J connectivity index is 2.16. The van der Waals surface area contributed by atoms with Gasteiger partial charge in [-0.1, -0.05) is 41.4 Å². The Hall–Kier alpha value is -2.24. The van der Waals surface area contributed by atoms with Gasteiger partial charge in [0.25, 0.3) is 0 Å². The van der Waals surface area contributed by atoms with Gasteiger partial charge in [0.2, 0.25) is 5.89 Å². The maximum Gasteiger partial charge on any atom is 0.325 e. The van der Waals surface area contributed by atoms with Crippen molar-refractivity contribution < 1.29 is 14.3 Å². The molecule has 3 rings (SSSR count). The molecule has 2 aromatic carbocycles. The first-order chi connectivity index (χ1) is 11.5. The molecule has 3 aromatic rings. The molecule has 1 heterocycles. The maximum absolute atomic E-state index is 11.2. The van der Waals surface area contributed by atoms with Gasteiger partial charge in [0, 0.05) is 16.1 Å². The predicted octanol–water partition coefficient (Wildman–Crippen LogP) is 5.03. The summed E-state index contributed by atoms with van der Waals surface area (Å²) in [7, 11) is 0. The van der Waals surface area contributed by atoms with Crippen molar-refractivity contribution in [1.82, 2.24) is 4.98 Å². The second kappa shape index (κ2) is 6.71. The zero-order valence-electron chi connectivity index (χ0n) is 12.7. The number of aliphatic carboxylic acids is 1. The number of rotatable bonds is 4. The topological polar surface area (TPSA) is 63.3 Å². The van der Waals surface area contributed by atoms with E-state index in [1.165, 1.54) is 0 Å². The zero-order chi connectivity index (χ0) is 17.3. The van der Waals surface area contributed by atoms with Crippen LogP contribution < -0.4 is 0 Å². The van der Waals surface area contributed by atoms with Gasteiger partial charge >= 0.3 is 5.97 Å². The van der Waals surface area contributed by atoms with Crippen LogP contribution in [0.15, 0.2) is 52.9 Å². The molecular weight excluding hydrogens is 346 g/mol. The van der Waals surface area contributed by atoms with Crippen LogP contribution in [0.2, 0.25) is 5.02 Å². The number of carbonyl (C=O) groups is 1. The first-order valence-electron chi connectivity index (χ1n) is 7.20. The fourth-order valence-electron chi connectivity index (χ4n) is 2.26. The molecule has 0 saturated carbocycles. The average molecular weight is 360 g/mol. The lowest BCUT2D eigenvalue weighted by Gasteiger charge is -2.02. The summed E-state index contributed by atoms with van der Waals surface area (Å²) in [4.78, 5) is 15.6. The third-order valence-electron chi connectivity index (χ3n) is 3.54. The second-order valence-corrected chi connectivity index (χ2v) is 6.30. The maximum atomic E-state index is 11.2. The first-order valence-corrected chi connectivity index (χ1v) is 8.09. The standard InChI is InChI=1S/C18H14ClNO3S/c1-10-2-4-11(5-3-10)14-15(12-6-8-13(19)9-7-12)23-17(20-14)16(24)18(21)22/h2-9,16,24H,1H3,(H,21,22). The number of aryl methyl sites for hydroxylation is 1. The van der Waals surface area contributed by atoms with Gasteiger partial charge in [0.05, 0.1) is 0 Å². The van der Waals surface area contributed by atoms with E-state index in [4.69, 9.17) is 21.1 Å². The molecule has 0 aliphatic carbocycles. The van der Waals surface area contributed by atoms with E-state index in [1.54, 1.807) is 24.3 Å². The van der Waals surface area contributed by atoms with Gasteiger partial charge in [-0.05, 0) is 31.2 Å². The van der Waals surface area contributed by atoms with Crippen molar-refractivity contribution in [1.29, 1.82) is 0 Å².